The number of amides is 2. The first kappa shape index (κ1) is 21.2. The predicted molar refractivity (Wildman–Crippen MR) is 125 cm³/mol. The number of benzene rings is 2. The Bertz CT molecular complexity index is 1030. The lowest BCUT2D eigenvalue weighted by Crippen LogP contribution is -2.41. The molecule has 0 atom stereocenters. The topological polar surface area (TPSA) is 74.3 Å². The molecule has 3 aromatic rings. The molecule has 0 saturated carbocycles. The summed E-state index contributed by atoms with van der Waals surface area (Å²) < 4.78 is 0. The highest BCUT2D eigenvalue weighted by molar-refractivity contribution is 7.14. The van der Waals surface area contributed by atoms with Crippen molar-refractivity contribution in [2.45, 2.75) is 19.8 Å². The summed E-state index contributed by atoms with van der Waals surface area (Å²) in [7, 11) is 0. The van der Waals surface area contributed by atoms with Crippen LogP contribution in [0.2, 0.25) is 0 Å². The van der Waals surface area contributed by atoms with Crippen molar-refractivity contribution in [3.8, 4) is 11.3 Å². The van der Waals surface area contributed by atoms with Gasteiger partial charge in [-0.3, -0.25) is 14.5 Å². The molecule has 2 N–H and O–H groups in total. The molecule has 4 rings (SSSR count). The maximum Gasteiger partial charge on any atom is 0.240 e. The van der Waals surface area contributed by atoms with E-state index in [1.807, 2.05) is 47.8 Å². The molecule has 1 aromatic heterocycles. The number of thiazole rings is 1. The number of carbonyl (C=O) groups excluding carboxylic acids is 2. The van der Waals surface area contributed by atoms with Crippen LogP contribution in [0, 0.1) is 12.8 Å². The molecule has 0 bridgehead atoms. The van der Waals surface area contributed by atoms with Crippen molar-refractivity contribution in [2.24, 2.45) is 5.92 Å². The van der Waals surface area contributed by atoms with Crippen LogP contribution in [0.1, 0.15) is 18.4 Å². The Morgan fingerprint density at radius 1 is 1.03 bits per heavy atom. The first-order chi connectivity index (χ1) is 15.1. The van der Waals surface area contributed by atoms with E-state index in [1.54, 1.807) is 0 Å². The Labute approximate surface area is 186 Å². The van der Waals surface area contributed by atoms with Crippen molar-refractivity contribution in [3.05, 3.63) is 65.5 Å². The second kappa shape index (κ2) is 9.85. The quantitative estimate of drug-likeness (QED) is 0.603. The van der Waals surface area contributed by atoms with Crippen LogP contribution in [-0.4, -0.2) is 41.3 Å². The highest BCUT2D eigenvalue weighted by Gasteiger charge is 2.26. The minimum absolute atomic E-state index is 0.0180. The summed E-state index contributed by atoms with van der Waals surface area (Å²) in [4.78, 5) is 31.5. The summed E-state index contributed by atoms with van der Waals surface area (Å²) in [5, 5.41) is 8.44. The molecule has 6 nitrogen and oxygen atoms in total. The van der Waals surface area contributed by atoms with Gasteiger partial charge in [-0.15, -0.1) is 11.3 Å². The number of nitrogens with one attached hydrogen (secondary N) is 2. The second-order valence-corrected chi connectivity index (χ2v) is 8.72. The van der Waals surface area contributed by atoms with Gasteiger partial charge in [0.15, 0.2) is 5.13 Å². The molecule has 1 aliphatic rings. The fourth-order valence-electron chi connectivity index (χ4n) is 3.67. The summed E-state index contributed by atoms with van der Waals surface area (Å²) in [5.74, 6) is -0.0331. The second-order valence-electron chi connectivity index (χ2n) is 7.86. The van der Waals surface area contributed by atoms with Gasteiger partial charge in [0.2, 0.25) is 11.8 Å². The van der Waals surface area contributed by atoms with E-state index in [-0.39, 0.29) is 17.7 Å². The third kappa shape index (κ3) is 5.77. The Kier molecular flexibility index (Phi) is 6.74. The van der Waals surface area contributed by atoms with Crippen molar-refractivity contribution in [1.82, 2.24) is 9.88 Å². The number of para-hydroxylation sites is 1. The van der Waals surface area contributed by atoms with Crippen LogP contribution in [0.15, 0.2) is 60.0 Å². The van der Waals surface area contributed by atoms with Crippen LogP contribution in [0.5, 0.6) is 0 Å². The normalized spacial score (nSPS) is 14.9. The minimum Gasteiger partial charge on any atom is -0.326 e. The average molecular weight is 435 g/mol. The molecule has 1 saturated heterocycles. The molecule has 2 amide bonds. The van der Waals surface area contributed by atoms with Crippen molar-refractivity contribution < 1.29 is 9.59 Å². The Morgan fingerprint density at radius 3 is 2.45 bits per heavy atom. The monoisotopic (exact) mass is 434 g/mol. The summed E-state index contributed by atoms with van der Waals surface area (Å²) in [6.45, 7) is 3.82. The fourth-order valence-corrected chi connectivity index (χ4v) is 4.40. The minimum atomic E-state index is -0.0722. The number of nitrogens with zero attached hydrogens (tertiary/aromatic N) is 2. The fraction of sp³-hybridized carbons (Fsp3) is 0.292. The predicted octanol–water partition coefficient (Wildman–Crippen LogP) is 4.41. The lowest BCUT2D eigenvalue weighted by Gasteiger charge is -2.30. The zero-order chi connectivity index (χ0) is 21.6. The van der Waals surface area contributed by atoms with Gasteiger partial charge in [-0.2, -0.15) is 0 Å². The number of anilines is 2. The first-order valence-corrected chi connectivity index (χ1v) is 11.4. The summed E-state index contributed by atoms with van der Waals surface area (Å²) in [6.07, 6.45) is 1.50. The number of aromatic nitrogens is 1. The molecule has 1 aliphatic heterocycles. The summed E-state index contributed by atoms with van der Waals surface area (Å²) >= 11 is 1.43. The number of rotatable bonds is 6. The van der Waals surface area contributed by atoms with Crippen LogP contribution < -0.4 is 10.6 Å². The molecule has 0 radical (unpaired) electrons. The van der Waals surface area contributed by atoms with Gasteiger partial charge in [0.05, 0.1) is 12.2 Å². The third-order valence-electron chi connectivity index (χ3n) is 5.46. The molecule has 7 heteroatoms. The molecule has 160 valence electrons. The smallest absolute Gasteiger partial charge is 0.240 e. The van der Waals surface area contributed by atoms with Crippen molar-refractivity contribution in [1.29, 1.82) is 0 Å². The Hall–Kier alpha value is -3.03. The highest BCUT2D eigenvalue weighted by atomic mass is 32.1. The van der Waals surface area contributed by atoms with Crippen molar-refractivity contribution >= 4 is 34.0 Å². The van der Waals surface area contributed by atoms with Gasteiger partial charge in [0.25, 0.3) is 0 Å². The molecule has 0 aliphatic carbocycles. The van der Waals surface area contributed by atoms with Gasteiger partial charge in [-0.1, -0.05) is 48.0 Å². The summed E-state index contributed by atoms with van der Waals surface area (Å²) in [5.41, 5.74) is 3.93. The van der Waals surface area contributed by atoms with Gasteiger partial charge in [0.1, 0.15) is 0 Å². The number of likely N-dealkylation sites (tertiary alicyclic amines) is 1. The molecular formula is C24H26N4O2S. The number of hydrogen-bond acceptors (Lipinski definition) is 5. The Morgan fingerprint density at radius 2 is 1.74 bits per heavy atom. The summed E-state index contributed by atoms with van der Waals surface area (Å²) in [6, 6.07) is 17.7. The molecule has 2 heterocycles. The van der Waals surface area contributed by atoms with E-state index in [4.69, 9.17) is 0 Å². The molecular weight excluding hydrogens is 408 g/mol. The van der Waals surface area contributed by atoms with E-state index >= 15 is 0 Å². The van der Waals surface area contributed by atoms with Crippen LogP contribution >= 0.6 is 11.3 Å². The maximum absolute atomic E-state index is 12.5. The Balaban J connectivity index is 1.23. The van der Waals surface area contributed by atoms with E-state index in [0.717, 1.165) is 42.9 Å². The van der Waals surface area contributed by atoms with Crippen LogP contribution in [-0.2, 0) is 9.59 Å². The standard InChI is InChI=1S/C24H26N4O2S/c1-17-7-9-18(10-8-17)21-16-31-24(26-21)27-22(29)15-28-13-11-19(12-14-28)23(30)25-20-5-3-2-4-6-20/h2-10,16,19H,11-15H2,1H3,(H,25,30)(H,26,27,29). The SMILES string of the molecule is Cc1ccc(-c2csc(NC(=O)CN3CCC(C(=O)Nc4ccccc4)CC3)n2)cc1. The molecule has 1 fully saturated rings. The van der Waals surface area contributed by atoms with E-state index in [1.165, 1.54) is 16.9 Å². The van der Waals surface area contributed by atoms with Crippen LogP contribution in [0.4, 0.5) is 10.8 Å². The van der Waals surface area contributed by atoms with Gasteiger partial charge in [-0.25, -0.2) is 4.98 Å². The third-order valence-corrected chi connectivity index (χ3v) is 6.22. The van der Waals surface area contributed by atoms with Crippen LogP contribution in [0.3, 0.4) is 0 Å². The highest BCUT2D eigenvalue weighted by Crippen LogP contribution is 2.25. The first-order valence-electron chi connectivity index (χ1n) is 10.5. The molecule has 2 aromatic carbocycles. The molecule has 0 unspecified atom stereocenters. The van der Waals surface area contributed by atoms with Crippen molar-refractivity contribution in [2.75, 3.05) is 30.3 Å². The van der Waals surface area contributed by atoms with Gasteiger partial charge >= 0.3 is 0 Å². The van der Waals surface area contributed by atoms with E-state index in [2.05, 4.69) is 39.6 Å². The number of piperidine rings is 1. The maximum atomic E-state index is 12.5. The van der Waals surface area contributed by atoms with E-state index < -0.39 is 0 Å². The number of hydrogen-bond donors (Lipinski definition) is 2. The molecule has 0 spiro atoms. The van der Waals surface area contributed by atoms with Gasteiger partial charge in [0, 0.05) is 22.5 Å². The molecule has 31 heavy (non-hydrogen) atoms. The van der Waals surface area contributed by atoms with Gasteiger partial charge in [-0.05, 0) is 45.0 Å². The lowest BCUT2D eigenvalue weighted by atomic mass is 9.96. The zero-order valence-corrected chi connectivity index (χ0v) is 18.3. The van der Waals surface area contributed by atoms with Crippen LogP contribution in [0.25, 0.3) is 11.3 Å². The number of aryl methyl sites for hydroxylation is 1. The number of carbonyl (C=O) groups is 2. The van der Waals surface area contributed by atoms with Gasteiger partial charge < -0.3 is 10.6 Å². The van der Waals surface area contributed by atoms with Crippen molar-refractivity contribution in [3.63, 3.8) is 0 Å². The van der Waals surface area contributed by atoms with E-state index in [0.29, 0.717) is 11.7 Å². The zero-order valence-electron chi connectivity index (χ0n) is 17.5. The van der Waals surface area contributed by atoms with E-state index in [9.17, 15) is 9.59 Å². The largest absolute Gasteiger partial charge is 0.326 e. The lowest BCUT2D eigenvalue weighted by molar-refractivity contribution is -0.121. The average Bonchev–Trinajstić information content (AvgIpc) is 3.23.